The molecule has 158 valence electrons. The van der Waals surface area contributed by atoms with Crippen LogP contribution in [0.2, 0.25) is 0 Å². The zero-order chi connectivity index (χ0) is 22.1. The van der Waals surface area contributed by atoms with Crippen LogP contribution >= 0.6 is 0 Å². The van der Waals surface area contributed by atoms with Crippen LogP contribution in [0, 0.1) is 11.3 Å². The van der Waals surface area contributed by atoms with E-state index in [1.54, 1.807) is 34.0 Å². The molecule has 2 aromatic carbocycles. The van der Waals surface area contributed by atoms with Crippen molar-refractivity contribution in [3.8, 4) is 23.0 Å². The molecule has 32 heavy (non-hydrogen) atoms. The van der Waals surface area contributed by atoms with E-state index < -0.39 is 0 Å². The van der Waals surface area contributed by atoms with Gasteiger partial charge in [-0.15, -0.1) is 0 Å². The summed E-state index contributed by atoms with van der Waals surface area (Å²) in [5.41, 5.74) is 10.3. The van der Waals surface area contributed by atoms with Gasteiger partial charge in [-0.2, -0.15) is 10.4 Å². The highest BCUT2D eigenvalue weighted by atomic mass is 16.2. The summed E-state index contributed by atoms with van der Waals surface area (Å²) in [4.78, 5) is 19.6. The molecule has 1 atom stereocenters. The number of hydrogen-bond acceptors (Lipinski definition) is 5. The number of carbonyl (C=O) groups is 1. The number of fused-ring (bicyclic) bond motifs is 1. The van der Waals surface area contributed by atoms with Gasteiger partial charge < -0.3 is 10.6 Å². The topological polar surface area (TPSA) is 101 Å². The van der Waals surface area contributed by atoms with Gasteiger partial charge in [-0.25, -0.2) is 4.68 Å². The lowest BCUT2D eigenvalue weighted by molar-refractivity contribution is 0.0702. The number of nitrogens with two attached hydrogens (primary N) is 1. The van der Waals surface area contributed by atoms with Crippen molar-refractivity contribution < 1.29 is 4.79 Å². The molecule has 1 amide bonds. The molecule has 3 heterocycles. The SMILES string of the molecule is N#Cc1ccc(-c2cc(C(=O)N3CCCC(N)C3)nn2-c2cnc3ccccc3c2)cc1. The second-order valence-corrected chi connectivity index (χ2v) is 8.06. The first kappa shape index (κ1) is 19.9. The van der Waals surface area contributed by atoms with Crippen molar-refractivity contribution in [2.75, 3.05) is 13.1 Å². The molecule has 1 aliphatic rings. The number of hydrogen-bond donors (Lipinski definition) is 1. The van der Waals surface area contributed by atoms with E-state index in [4.69, 9.17) is 11.0 Å². The van der Waals surface area contributed by atoms with Crippen LogP contribution in [-0.2, 0) is 0 Å². The summed E-state index contributed by atoms with van der Waals surface area (Å²) in [5.74, 6) is -0.123. The standard InChI is InChI=1S/C25H22N6O/c26-14-17-7-9-18(10-8-17)24-13-23(25(32)30-11-3-5-20(27)16-30)29-31(24)21-12-19-4-1-2-6-22(19)28-15-21/h1-2,4,6-10,12-13,15,20H,3,5,11,16,27H2. The molecule has 4 aromatic rings. The highest BCUT2D eigenvalue weighted by molar-refractivity contribution is 5.94. The molecule has 0 radical (unpaired) electrons. The predicted octanol–water partition coefficient (Wildman–Crippen LogP) is 3.52. The summed E-state index contributed by atoms with van der Waals surface area (Å²) in [5, 5.41) is 14.8. The number of pyridine rings is 1. The van der Waals surface area contributed by atoms with Crippen LogP contribution in [0.15, 0.2) is 66.9 Å². The molecular weight excluding hydrogens is 400 g/mol. The summed E-state index contributed by atoms with van der Waals surface area (Å²) >= 11 is 0. The average Bonchev–Trinajstić information content (AvgIpc) is 3.29. The minimum atomic E-state index is -0.123. The summed E-state index contributed by atoms with van der Waals surface area (Å²) in [7, 11) is 0. The monoisotopic (exact) mass is 422 g/mol. The third-order valence-corrected chi connectivity index (χ3v) is 5.80. The first-order chi connectivity index (χ1) is 15.6. The minimum Gasteiger partial charge on any atom is -0.336 e. The van der Waals surface area contributed by atoms with Crippen LogP contribution in [-0.4, -0.2) is 44.7 Å². The van der Waals surface area contributed by atoms with E-state index in [0.717, 1.165) is 40.7 Å². The van der Waals surface area contributed by atoms with Crippen molar-refractivity contribution in [1.29, 1.82) is 5.26 Å². The molecule has 0 aliphatic carbocycles. The average molecular weight is 422 g/mol. The third-order valence-electron chi connectivity index (χ3n) is 5.80. The molecule has 1 unspecified atom stereocenters. The molecule has 7 heteroatoms. The zero-order valence-electron chi connectivity index (χ0n) is 17.5. The number of aromatic nitrogens is 3. The Bertz CT molecular complexity index is 1330. The molecule has 2 N–H and O–H groups in total. The molecule has 7 nitrogen and oxygen atoms in total. The number of rotatable bonds is 3. The molecule has 2 aromatic heterocycles. The number of nitrogens with zero attached hydrogens (tertiary/aromatic N) is 5. The quantitative estimate of drug-likeness (QED) is 0.544. The highest BCUT2D eigenvalue weighted by Gasteiger charge is 2.25. The van der Waals surface area contributed by atoms with E-state index in [1.807, 2.05) is 42.5 Å². The fourth-order valence-corrected chi connectivity index (χ4v) is 4.14. The number of nitriles is 1. The van der Waals surface area contributed by atoms with Crippen LogP contribution in [0.3, 0.4) is 0 Å². The third kappa shape index (κ3) is 3.72. The van der Waals surface area contributed by atoms with E-state index >= 15 is 0 Å². The fourth-order valence-electron chi connectivity index (χ4n) is 4.14. The maximum Gasteiger partial charge on any atom is 0.274 e. The van der Waals surface area contributed by atoms with Gasteiger partial charge in [0.1, 0.15) is 0 Å². The van der Waals surface area contributed by atoms with Crippen molar-refractivity contribution in [3.05, 3.63) is 78.1 Å². The number of amides is 1. The van der Waals surface area contributed by atoms with Gasteiger partial charge in [-0.05, 0) is 43.2 Å². The van der Waals surface area contributed by atoms with Crippen LogP contribution in [0.4, 0.5) is 0 Å². The molecule has 0 spiro atoms. The number of likely N-dealkylation sites (tertiary alicyclic amines) is 1. The Hall–Kier alpha value is -4.02. The van der Waals surface area contributed by atoms with Gasteiger partial charge in [0.25, 0.3) is 5.91 Å². The van der Waals surface area contributed by atoms with Gasteiger partial charge in [0.2, 0.25) is 0 Å². The van der Waals surface area contributed by atoms with E-state index in [-0.39, 0.29) is 11.9 Å². The van der Waals surface area contributed by atoms with Crippen molar-refractivity contribution in [1.82, 2.24) is 19.7 Å². The maximum absolute atomic E-state index is 13.2. The number of piperidine rings is 1. The molecule has 1 aliphatic heterocycles. The van der Waals surface area contributed by atoms with Crippen LogP contribution in [0.5, 0.6) is 0 Å². The Morgan fingerprint density at radius 2 is 1.94 bits per heavy atom. The Kier molecular flexibility index (Phi) is 5.13. The van der Waals surface area contributed by atoms with Crippen molar-refractivity contribution in [2.45, 2.75) is 18.9 Å². The lowest BCUT2D eigenvalue weighted by Gasteiger charge is -2.30. The molecule has 5 rings (SSSR count). The Morgan fingerprint density at radius 1 is 1.12 bits per heavy atom. The number of carbonyl (C=O) groups excluding carboxylic acids is 1. The van der Waals surface area contributed by atoms with Crippen LogP contribution in [0.25, 0.3) is 27.8 Å². The maximum atomic E-state index is 13.2. The lowest BCUT2D eigenvalue weighted by Crippen LogP contribution is -2.45. The summed E-state index contributed by atoms with van der Waals surface area (Å²) in [6, 6.07) is 21.1. The first-order valence-electron chi connectivity index (χ1n) is 10.6. The molecule has 1 saturated heterocycles. The lowest BCUT2D eigenvalue weighted by atomic mass is 10.1. The zero-order valence-corrected chi connectivity index (χ0v) is 17.5. The van der Waals surface area contributed by atoms with Crippen LogP contribution < -0.4 is 5.73 Å². The summed E-state index contributed by atoms with van der Waals surface area (Å²) < 4.78 is 1.75. The molecule has 1 fully saturated rings. The Balaban J connectivity index is 1.61. The largest absolute Gasteiger partial charge is 0.336 e. The summed E-state index contributed by atoms with van der Waals surface area (Å²) in [6.45, 7) is 1.22. The van der Waals surface area contributed by atoms with Crippen LogP contribution in [0.1, 0.15) is 28.9 Å². The first-order valence-corrected chi connectivity index (χ1v) is 10.6. The van der Waals surface area contributed by atoms with E-state index in [0.29, 0.717) is 24.3 Å². The van der Waals surface area contributed by atoms with E-state index in [9.17, 15) is 4.79 Å². The number of para-hydroxylation sites is 1. The Morgan fingerprint density at radius 3 is 2.72 bits per heavy atom. The van der Waals surface area contributed by atoms with E-state index in [1.165, 1.54) is 0 Å². The van der Waals surface area contributed by atoms with Gasteiger partial charge in [-0.1, -0.05) is 30.3 Å². The van der Waals surface area contributed by atoms with E-state index in [2.05, 4.69) is 16.2 Å². The highest BCUT2D eigenvalue weighted by Crippen LogP contribution is 2.27. The second-order valence-electron chi connectivity index (χ2n) is 8.06. The molecule has 0 bridgehead atoms. The fraction of sp³-hybridized carbons (Fsp3) is 0.200. The van der Waals surface area contributed by atoms with Gasteiger partial charge in [0.05, 0.1) is 34.7 Å². The molecular formula is C25H22N6O. The smallest absolute Gasteiger partial charge is 0.274 e. The molecule has 0 saturated carbocycles. The normalized spacial score (nSPS) is 16.1. The van der Waals surface area contributed by atoms with Crippen molar-refractivity contribution in [3.63, 3.8) is 0 Å². The minimum absolute atomic E-state index is 0.00234. The van der Waals surface area contributed by atoms with Crippen molar-refractivity contribution >= 4 is 16.8 Å². The number of benzene rings is 2. The predicted molar refractivity (Wildman–Crippen MR) is 122 cm³/mol. The van der Waals surface area contributed by atoms with Gasteiger partial charge >= 0.3 is 0 Å². The second kappa shape index (κ2) is 8.25. The van der Waals surface area contributed by atoms with Gasteiger partial charge in [-0.3, -0.25) is 9.78 Å². The van der Waals surface area contributed by atoms with Gasteiger partial charge in [0.15, 0.2) is 5.69 Å². The van der Waals surface area contributed by atoms with Crippen molar-refractivity contribution in [2.24, 2.45) is 5.73 Å². The van der Waals surface area contributed by atoms with Gasteiger partial charge in [0, 0.05) is 30.1 Å². The Labute approximate surface area is 185 Å². The summed E-state index contributed by atoms with van der Waals surface area (Å²) in [6.07, 6.45) is 3.58.